The van der Waals surface area contributed by atoms with E-state index >= 15 is 0 Å². The summed E-state index contributed by atoms with van der Waals surface area (Å²) in [6.07, 6.45) is 3.95. The van der Waals surface area contributed by atoms with Gasteiger partial charge in [-0.3, -0.25) is 4.79 Å². The zero-order valence-corrected chi connectivity index (χ0v) is 13.1. The number of thiazole rings is 1. The minimum absolute atomic E-state index is 0.124. The van der Waals surface area contributed by atoms with E-state index in [4.69, 9.17) is 0 Å². The third kappa shape index (κ3) is 2.00. The summed E-state index contributed by atoms with van der Waals surface area (Å²) >= 11 is 4.82. The molecule has 3 unspecified atom stereocenters. The molecule has 0 spiro atoms. The van der Waals surface area contributed by atoms with Crippen LogP contribution in [0.25, 0.3) is 0 Å². The molecule has 1 amide bonds. The number of nitrogens with zero attached hydrogens (tertiary/aromatic N) is 1. The molecule has 4 rings (SSSR count). The van der Waals surface area contributed by atoms with Crippen molar-refractivity contribution in [1.29, 1.82) is 0 Å². The Balaban J connectivity index is 1.53. The fraction of sp³-hybridized carbons (Fsp3) is 0.333. The topological polar surface area (TPSA) is 42.0 Å². The van der Waals surface area contributed by atoms with Crippen LogP contribution in [0.4, 0.5) is 5.13 Å². The van der Waals surface area contributed by atoms with Gasteiger partial charge in [0.05, 0.1) is 9.98 Å². The van der Waals surface area contributed by atoms with Crippen molar-refractivity contribution in [3.05, 3.63) is 45.4 Å². The van der Waals surface area contributed by atoms with Crippen LogP contribution in [0, 0.1) is 11.8 Å². The van der Waals surface area contributed by atoms with Crippen LogP contribution in [0.1, 0.15) is 23.5 Å². The highest BCUT2D eigenvalue weighted by Crippen LogP contribution is 2.60. The third-order valence-corrected chi connectivity index (χ3v) is 5.73. The smallest absolute Gasteiger partial charge is 0.230 e. The van der Waals surface area contributed by atoms with Gasteiger partial charge in [-0.1, -0.05) is 35.6 Å². The number of fused-ring (bicyclic) bond motifs is 3. The summed E-state index contributed by atoms with van der Waals surface area (Å²) in [6, 6.07) is 8.53. The summed E-state index contributed by atoms with van der Waals surface area (Å²) in [4.78, 5) is 16.6. The van der Waals surface area contributed by atoms with Gasteiger partial charge in [0.1, 0.15) is 0 Å². The van der Waals surface area contributed by atoms with E-state index in [2.05, 4.69) is 50.5 Å². The molecule has 20 heavy (non-hydrogen) atoms. The second kappa shape index (κ2) is 4.67. The average Bonchev–Trinajstić information content (AvgIpc) is 3.08. The number of carbonyl (C=O) groups is 1. The normalized spacial score (nSPS) is 26.6. The number of amides is 1. The molecule has 1 fully saturated rings. The fourth-order valence-corrected chi connectivity index (χ4v) is 4.53. The second-order valence-corrected chi connectivity index (χ2v) is 7.82. The van der Waals surface area contributed by atoms with E-state index in [0.717, 1.165) is 16.6 Å². The molecule has 1 heterocycles. The standard InChI is InChI=1S/C15H13BrN2OS/c16-11-7-17-15(20-11)18-14(19)13-10-6-5-8-3-1-2-4-9(8)12(10)13/h1-4,7,10,12-13H,5-6H2,(H,17,18,19). The highest BCUT2D eigenvalue weighted by molar-refractivity contribution is 9.11. The lowest BCUT2D eigenvalue weighted by Gasteiger charge is -2.13. The Labute approximate surface area is 129 Å². The van der Waals surface area contributed by atoms with Gasteiger partial charge in [-0.15, -0.1) is 0 Å². The van der Waals surface area contributed by atoms with Crippen molar-refractivity contribution in [2.75, 3.05) is 5.32 Å². The predicted molar refractivity (Wildman–Crippen MR) is 82.9 cm³/mol. The van der Waals surface area contributed by atoms with E-state index in [9.17, 15) is 4.79 Å². The molecule has 1 aromatic heterocycles. The van der Waals surface area contributed by atoms with Crippen LogP contribution in [0.15, 0.2) is 34.2 Å². The molecule has 0 radical (unpaired) electrons. The van der Waals surface area contributed by atoms with Gasteiger partial charge >= 0.3 is 0 Å². The number of nitrogens with one attached hydrogen (secondary N) is 1. The second-order valence-electron chi connectivity index (χ2n) is 5.41. The minimum Gasteiger partial charge on any atom is -0.302 e. The fourth-order valence-electron chi connectivity index (χ4n) is 3.42. The number of aromatic nitrogens is 1. The Bertz CT molecular complexity index is 684. The lowest BCUT2D eigenvalue weighted by molar-refractivity contribution is -0.117. The van der Waals surface area contributed by atoms with E-state index in [1.165, 1.54) is 22.5 Å². The largest absolute Gasteiger partial charge is 0.302 e. The van der Waals surface area contributed by atoms with Gasteiger partial charge in [0.15, 0.2) is 5.13 Å². The molecule has 0 saturated heterocycles. The first-order valence-electron chi connectivity index (χ1n) is 6.74. The monoisotopic (exact) mass is 348 g/mol. The Kier molecular flexibility index (Phi) is 2.93. The van der Waals surface area contributed by atoms with Crippen molar-refractivity contribution in [2.45, 2.75) is 18.8 Å². The summed E-state index contributed by atoms with van der Waals surface area (Å²) in [5.74, 6) is 1.19. The molecular weight excluding hydrogens is 336 g/mol. The van der Waals surface area contributed by atoms with Crippen LogP contribution < -0.4 is 5.32 Å². The van der Waals surface area contributed by atoms with Gasteiger partial charge < -0.3 is 5.32 Å². The number of aryl methyl sites for hydroxylation is 1. The molecule has 5 heteroatoms. The number of hydrogen-bond donors (Lipinski definition) is 1. The van der Waals surface area contributed by atoms with Crippen LogP contribution in [0.2, 0.25) is 0 Å². The van der Waals surface area contributed by atoms with Gasteiger partial charge in [-0.25, -0.2) is 4.98 Å². The quantitative estimate of drug-likeness (QED) is 0.896. The van der Waals surface area contributed by atoms with Crippen molar-refractivity contribution < 1.29 is 4.79 Å². The van der Waals surface area contributed by atoms with E-state index < -0.39 is 0 Å². The van der Waals surface area contributed by atoms with Crippen LogP contribution in [-0.2, 0) is 11.2 Å². The van der Waals surface area contributed by atoms with Crippen LogP contribution >= 0.6 is 27.3 Å². The number of hydrogen-bond acceptors (Lipinski definition) is 3. The van der Waals surface area contributed by atoms with E-state index in [-0.39, 0.29) is 11.8 Å². The molecule has 1 aromatic carbocycles. The predicted octanol–water partition coefficient (Wildman–Crippen LogP) is 3.82. The summed E-state index contributed by atoms with van der Waals surface area (Å²) in [6.45, 7) is 0. The van der Waals surface area contributed by atoms with Gasteiger partial charge in [0.2, 0.25) is 5.91 Å². The maximum Gasteiger partial charge on any atom is 0.230 e. The maximum absolute atomic E-state index is 12.4. The molecule has 2 aromatic rings. The van der Waals surface area contributed by atoms with E-state index in [1.54, 1.807) is 6.20 Å². The first kappa shape index (κ1) is 12.5. The molecule has 0 bridgehead atoms. The zero-order chi connectivity index (χ0) is 13.7. The molecule has 102 valence electrons. The Morgan fingerprint density at radius 2 is 2.25 bits per heavy atom. The lowest BCUT2D eigenvalue weighted by Crippen LogP contribution is -2.15. The molecule has 0 aliphatic heterocycles. The summed E-state index contributed by atoms with van der Waals surface area (Å²) in [5, 5.41) is 3.63. The molecule has 2 aliphatic carbocycles. The third-order valence-electron chi connectivity index (χ3n) is 4.34. The van der Waals surface area contributed by atoms with Gasteiger partial charge in [-0.05, 0) is 51.7 Å². The van der Waals surface area contributed by atoms with Crippen LogP contribution in [0.3, 0.4) is 0 Å². The minimum atomic E-state index is 0.124. The van der Waals surface area contributed by atoms with Crippen molar-refractivity contribution >= 4 is 38.3 Å². The van der Waals surface area contributed by atoms with Crippen molar-refractivity contribution in [3.8, 4) is 0 Å². The molecular formula is C15H13BrN2OS. The molecule has 1 saturated carbocycles. The number of carbonyl (C=O) groups excluding carboxylic acids is 1. The Hall–Kier alpha value is -1.20. The maximum atomic E-state index is 12.4. The molecule has 3 atom stereocenters. The van der Waals surface area contributed by atoms with Crippen LogP contribution in [0.5, 0.6) is 0 Å². The van der Waals surface area contributed by atoms with Gasteiger partial charge in [-0.2, -0.15) is 0 Å². The molecule has 3 nitrogen and oxygen atoms in total. The van der Waals surface area contributed by atoms with Crippen molar-refractivity contribution in [2.24, 2.45) is 11.8 Å². The van der Waals surface area contributed by atoms with Gasteiger partial charge in [0.25, 0.3) is 0 Å². The molecule has 1 N–H and O–H groups in total. The zero-order valence-electron chi connectivity index (χ0n) is 10.7. The number of halogens is 1. The van der Waals surface area contributed by atoms with Crippen molar-refractivity contribution in [1.82, 2.24) is 4.98 Å². The highest BCUT2D eigenvalue weighted by Gasteiger charge is 2.57. The van der Waals surface area contributed by atoms with Crippen molar-refractivity contribution in [3.63, 3.8) is 0 Å². The summed E-state index contributed by atoms with van der Waals surface area (Å²) < 4.78 is 0.936. The molecule has 2 aliphatic rings. The lowest BCUT2D eigenvalue weighted by atomic mass is 9.92. The Morgan fingerprint density at radius 1 is 1.40 bits per heavy atom. The average molecular weight is 349 g/mol. The summed E-state index contributed by atoms with van der Waals surface area (Å²) in [7, 11) is 0. The summed E-state index contributed by atoms with van der Waals surface area (Å²) in [5.41, 5.74) is 2.80. The van der Waals surface area contributed by atoms with Gasteiger partial charge in [0, 0.05) is 5.92 Å². The highest BCUT2D eigenvalue weighted by atomic mass is 79.9. The SMILES string of the molecule is O=C(Nc1ncc(Br)s1)C1C2CCc3ccccc3C21. The first-order chi connectivity index (χ1) is 9.74. The number of benzene rings is 1. The van der Waals surface area contributed by atoms with Crippen LogP contribution in [-0.4, -0.2) is 10.9 Å². The Morgan fingerprint density at radius 3 is 3.05 bits per heavy atom. The number of anilines is 1. The number of rotatable bonds is 2. The van der Waals surface area contributed by atoms with E-state index in [1.807, 2.05) is 0 Å². The first-order valence-corrected chi connectivity index (χ1v) is 8.35. The van der Waals surface area contributed by atoms with E-state index in [0.29, 0.717) is 17.0 Å².